The van der Waals surface area contributed by atoms with Crippen molar-refractivity contribution in [1.82, 2.24) is 15.3 Å². The number of nitrogens with one attached hydrogen (secondary N) is 2. The van der Waals surface area contributed by atoms with Gasteiger partial charge in [-0.15, -0.1) is 0 Å². The smallest absolute Gasteiger partial charge is 0.255 e. The number of aliphatic hydroxyl groups excluding tert-OH is 1. The number of carbonyl (C=O) groups excluding carboxylic acids is 1. The van der Waals surface area contributed by atoms with Crippen molar-refractivity contribution in [2.45, 2.75) is 12.6 Å². The first kappa shape index (κ1) is 19.3. The van der Waals surface area contributed by atoms with Crippen molar-refractivity contribution in [2.75, 3.05) is 18.5 Å². The summed E-state index contributed by atoms with van der Waals surface area (Å²) in [4.78, 5) is 20.7. The van der Waals surface area contributed by atoms with Gasteiger partial charge in [-0.3, -0.25) is 9.78 Å². The minimum Gasteiger partial charge on any atom is -0.491 e. The number of rotatable bonds is 9. The van der Waals surface area contributed by atoms with Crippen LogP contribution in [0.15, 0.2) is 73.2 Å². The van der Waals surface area contributed by atoms with E-state index in [0.717, 1.165) is 5.56 Å². The van der Waals surface area contributed by atoms with Gasteiger partial charge in [-0.1, -0.05) is 18.2 Å². The molecule has 0 aliphatic carbocycles. The Labute approximate surface area is 163 Å². The van der Waals surface area contributed by atoms with Gasteiger partial charge in [-0.05, 0) is 42.0 Å². The second-order valence-electron chi connectivity index (χ2n) is 6.10. The Bertz CT molecular complexity index is 875. The normalized spacial score (nSPS) is 11.5. The second-order valence-corrected chi connectivity index (χ2v) is 6.10. The van der Waals surface area contributed by atoms with Crippen LogP contribution in [0, 0.1) is 0 Å². The van der Waals surface area contributed by atoms with Crippen LogP contribution >= 0.6 is 0 Å². The second kappa shape index (κ2) is 10.0. The Balaban J connectivity index is 1.51. The minimum atomic E-state index is -0.825. The fourth-order valence-corrected chi connectivity index (χ4v) is 2.49. The lowest BCUT2D eigenvalue weighted by Gasteiger charge is -2.14. The van der Waals surface area contributed by atoms with Crippen LogP contribution in [-0.4, -0.2) is 40.2 Å². The van der Waals surface area contributed by atoms with E-state index in [0.29, 0.717) is 23.7 Å². The number of benzene rings is 1. The molecule has 0 saturated heterocycles. The van der Waals surface area contributed by atoms with Crippen molar-refractivity contribution in [3.05, 3.63) is 84.3 Å². The molecule has 0 spiro atoms. The van der Waals surface area contributed by atoms with E-state index in [9.17, 15) is 9.90 Å². The number of pyridine rings is 2. The highest BCUT2D eigenvalue weighted by molar-refractivity contribution is 5.98. The van der Waals surface area contributed by atoms with Gasteiger partial charge in [0, 0.05) is 31.7 Å². The molecule has 0 aliphatic heterocycles. The fourth-order valence-electron chi connectivity index (χ4n) is 2.49. The molecule has 144 valence electrons. The van der Waals surface area contributed by atoms with E-state index in [-0.39, 0.29) is 19.1 Å². The average molecular weight is 378 g/mol. The Morgan fingerprint density at radius 1 is 1.04 bits per heavy atom. The van der Waals surface area contributed by atoms with E-state index in [1.54, 1.807) is 30.7 Å². The molecule has 2 heterocycles. The Morgan fingerprint density at radius 3 is 2.61 bits per heavy atom. The number of carbonyl (C=O) groups is 1. The largest absolute Gasteiger partial charge is 0.491 e. The van der Waals surface area contributed by atoms with Gasteiger partial charge in [-0.25, -0.2) is 4.98 Å². The van der Waals surface area contributed by atoms with E-state index in [1.165, 1.54) is 0 Å². The summed E-state index contributed by atoms with van der Waals surface area (Å²) < 4.78 is 5.49. The summed E-state index contributed by atoms with van der Waals surface area (Å²) in [6.45, 7) is 0.683. The van der Waals surface area contributed by atoms with Gasteiger partial charge in [0.1, 0.15) is 24.3 Å². The summed E-state index contributed by atoms with van der Waals surface area (Å²) >= 11 is 0. The zero-order valence-corrected chi connectivity index (χ0v) is 15.3. The molecule has 28 heavy (non-hydrogen) atoms. The van der Waals surface area contributed by atoms with E-state index < -0.39 is 6.10 Å². The molecule has 0 fully saturated rings. The van der Waals surface area contributed by atoms with E-state index >= 15 is 0 Å². The summed E-state index contributed by atoms with van der Waals surface area (Å²) in [6.07, 6.45) is 4.21. The number of para-hydroxylation sites is 1. The van der Waals surface area contributed by atoms with Crippen LogP contribution in [-0.2, 0) is 6.54 Å². The maximum absolute atomic E-state index is 12.5. The first-order chi connectivity index (χ1) is 13.7. The molecular formula is C21H22N4O3. The summed E-state index contributed by atoms with van der Waals surface area (Å²) in [5.41, 5.74) is 1.44. The first-order valence-electron chi connectivity index (χ1n) is 8.94. The van der Waals surface area contributed by atoms with Crippen LogP contribution in [0.4, 0.5) is 5.82 Å². The standard InChI is InChI=1S/C21H22N4O3/c26-17(15-28-18-5-2-1-3-6-18)14-25-21(27)19-7-4-10-23-20(19)24-13-16-8-11-22-12-9-16/h1-12,17,26H,13-15H2,(H,23,24)(H,25,27). The van der Waals surface area contributed by atoms with Gasteiger partial charge in [0.05, 0.1) is 5.56 Å². The van der Waals surface area contributed by atoms with Gasteiger partial charge in [0.2, 0.25) is 0 Å². The van der Waals surface area contributed by atoms with Gasteiger partial charge in [0.25, 0.3) is 5.91 Å². The summed E-state index contributed by atoms with van der Waals surface area (Å²) in [5, 5.41) is 15.9. The highest BCUT2D eigenvalue weighted by Crippen LogP contribution is 2.13. The van der Waals surface area contributed by atoms with Crippen LogP contribution in [0.1, 0.15) is 15.9 Å². The molecule has 0 aliphatic rings. The lowest BCUT2D eigenvalue weighted by Crippen LogP contribution is -2.35. The molecule has 3 rings (SSSR count). The summed E-state index contributed by atoms with van der Waals surface area (Å²) in [6, 6.07) is 16.4. The average Bonchev–Trinajstić information content (AvgIpc) is 2.76. The van der Waals surface area contributed by atoms with Gasteiger partial charge >= 0.3 is 0 Å². The molecule has 0 bridgehead atoms. The molecule has 7 nitrogen and oxygen atoms in total. The predicted octanol–water partition coefficient (Wildman–Crippen LogP) is 2.26. The van der Waals surface area contributed by atoms with Crippen LogP contribution in [0.2, 0.25) is 0 Å². The number of nitrogens with zero attached hydrogens (tertiary/aromatic N) is 2. The third kappa shape index (κ3) is 5.78. The van der Waals surface area contributed by atoms with Crippen LogP contribution in [0.3, 0.4) is 0 Å². The number of aliphatic hydroxyl groups is 1. The third-order valence-corrected chi connectivity index (χ3v) is 3.95. The quantitative estimate of drug-likeness (QED) is 0.529. The maximum atomic E-state index is 12.5. The van der Waals surface area contributed by atoms with E-state index in [2.05, 4.69) is 20.6 Å². The number of anilines is 1. The molecule has 2 aromatic heterocycles. The lowest BCUT2D eigenvalue weighted by molar-refractivity contribution is 0.0844. The number of aromatic nitrogens is 2. The van der Waals surface area contributed by atoms with Crippen molar-refractivity contribution >= 4 is 11.7 Å². The van der Waals surface area contributed by atoms with Gasteiger partial charge < -0.3 is 20.5 Å². The van der Waals surface area contributed by atoms with Gasteiger partial charge in [-0.2, -0.15) is 0 Å². The maximum Gasteiger partial charge on any atom is 0.255 e. The SMILES string of the molecule is O=C(NCC(O)COc1ccccc1)c1cccnc1NCc1ccncc1. The van der Waals surface area contributed by atoms with Crippen LogP contribution in [0.25, 0.3) is 0 Å². The third-order valence-electron chi connectivity index (χ3n) is 3.95. The van der Waals surface area contributed by atoms with Crippen molar-refractivity contribution in [3.8, 4) is 5.75 Å². The highest BCUT2D eigenvalue weighted by atomic mass is 16.5. The number of hydrogen-bond acceptors (Lipinski definition) is 6. The molecule has 1 atom stereocenters. The number of hydrogen-bond donors (Lipinski definition) is 3. The Hall–Kier alpha value is -3.45. The highest BCUT2D eigenvalue weighted by Gasteiger charge is 2.14. The van der Waals surface area contributed by atoms with E-state index in [1.807, 2.05) is 42.5 Å². The molecule has 3 N–H and O–H groups in total. The first-order valence-corrected chi connectivity index (χ1v) is 8.94. The Morgan fingerprint density at radius 2 is 1.82 bits per heavy atom. The molecule has 0 radical (unpaired) electrons. The number of amides is 1. The van der Waals surface area contributed by atoms with Crippen LogP contribution < -0.4 is 15.4 Å². The monoisotopic (exact) mass is 378 g/mol. The Kier molecular flexibility index (Phi) is 6.92. The predicted molar refractivity (Wildman–Crippen MR) is 106 cm³/mol. The molecule has 1 amide bonds. The van der Waals surface area contributed by atoms with Crippen LogP contribution in [0.5, 0.6) is 5.75 Å². The summed E-state index contributed by atoms with van der Waals surface area (Å²) in [7, 11) is 0. The zero-order chi connectivity index (χ0) is 19.6. The molecule has 1 unspecified atom stereocenters. The number of ether oxygens (including phenoxy) is 1. The van der Waals surface area contributed by atoms with Crippen molar-refractivity contribution in [2.24, 2.45) is 0 Å². The molecular weight excluding hydrogens is 356 g/mol. The zero-order valence-electron chi connectivity index (χ0n) is 15.3. The fraction of sp³-hybridized carbons (Fsp3) is 0.190. The van der Waals surface area contributed by atoms with Gasteiger partial charge in [0.15, 0.2) is 0 Å². The topological polar surface area (TPSA) is 96.4 Å². The molecule has 7 heteroatoms. The van der Waals surface area contributed by atoms with E-state index in [4.69, 9.17) is 4.74 Å². The summed E-state index contributed by atoms with van der Waals surface area (Å²) in [5.74, 6) is 0.832. The molecule has 1 aromatic carbocycles. The van der Waals surface area contributed by atoms with Crippen molar-refractivity contribution in [1.29, 1.82) is 0 Å². The molecule has 3 aromatic rings. The minimum absolute atomic E-state index is 0.0738. The molecule has 0 saturated carbocycles. The lowest BCUT2D eigenvalue weighted by atomic mass is 10.2. The van der Waals surface area contributed by atoms with Crippen molar-refractivity contribution in [3.63, 3.8) is 0 Å². The van der Waals surface area contributed by atoms with Crippen molar-refractivity contribution < 1.29 is 14.6 Å².